The zero-order valence-electron chi connectivity index (χ0n) is 6.71. The van der Waals surface area contributed by atoms with Gasteiger partial charge < -0.3 is 5.73 Å². The van der Waals surface area contributed by atoms with Gasteiger partial charge in [0, 0.05) is 6.54 Å². The van der Waals surface area contributed by atoms with Crippen LogP contribution in [0.5, 0.6) is 0 Å². The largest absolute Gasteiger partial charge is 0.329 e. The van der Waals surface area contributed by atoms with Gasteiger partial charge in [0.15, 0.2) is 0 Å². The highest BCUT2D eigenvalue weighted by atomic mass is 35.5. The molecule has 0 aromatic heterocycles. The third-order valence-corrected chi connectivity index (χ3v) is 2.76. The fourth-order valence-corrected chi connectivity index (χ4v) is 1.53. The van der Waals surface area contributed by atoms with E-state index in [1.54, 1.807) is 0 Å². The predicted octanol–water partition coefficient (Wildman–Crippen LogP) is 1.56. The first-order valence-corrected chi connectivity index (χ1v) is 4.82. The predicted molar refractivity (Wildman–Crippen MR) is 54.4 cm³/mol. The molecule has 0 fully saturated rings. The van der Waals surface area contributed by atoms with E-state index in [9.17, 15) is 0 Å². The maximum atomic E-state index is 6.01. The summed E-state index contributed by atoms with van der Waals surface area (Å²) in [5.41, 5.74) is 6.17. The van der Waals surface area contributed by atoms with Crippen LogP contribution in [0.25, 0.3) is 0 Å². The van der Waals surface area contributed by atoms with Crippen molar-refractivity contribution in [1.29, 1.82) is 0 Å². The van der Waals surface area contributed by atoms with Crippen molar-refractivity contribution in [3.63, 3.8) is 0 Å². The molecular weight excluding hydrogens is 195 g/mol. The molecule has 0 aromatic rings. The van der Waals surface area contributed by atoms with Gasteiger partial charge in [0.2, 0.25) is 0 Å². The van der Waals surface area contributed by atoms with Crippen molar-refractivity contribution >= 4 is 28.9 Å². The topological polar surface area (TPSA) is 38.4 Å². The Kier molecular flexibility index (Phi) is 4.06. The Balaban J connectivity index is 2.63. The molecule has 0 aromatic carbocycles. The minimum atomic E-state index is -0.164. The summed E-state index contributed by atoms with van der Waals surface area (Å²) in [7, 11) is 0. The summed E-state index contributed by atoms with van der Waals surface area (Å²) in [6.45, 7) is 1.17. The van der Waals surface area contributed by atoms with Gasteiger partial charge in [0.1, 0.15) is 0 Å². The van der Waals surface area contributed by atoms with Crippen LogP contribution in [0.2, 0.25) is 0 Å². The molecule has 12 heavy (non-hydrogen) atoms. The van der Waals surface area contributed by atoms with E-state index in [0.29, 0.717) is 13.1 Å². The van der Waals surface area contributed by atoms with Crippen molar-refractivity contribution in [1.82, 2.24) is 0 Å². The van der Waals surface area contributed by atoms with E-state index in [1.165, 1.54) is 0 Å². The van der Waals surface area contributed by atoms with Gasteiger partial charge in [-0.05, 0) is 12.5 Å². The maximum absolute atomic E-state index is 6.01. The molecule has 2 unspecified atom stereocenters. The molecule has 0 heterocycles. The third-order valence-electron chi connectivity index (χ3n) is 1.67. The lowest BCUT2D eigenvalue weighted by Crippen LogP contribution is -2.27. The van der Waals surface area contributed by atoms with Crippen molar-refractivity contribution in [2.24, 2.45) is 10.7 Å². The van der Waals surface area contributed by atoms with E-state index in [-0.39, 0.29) is 10.8 Å². The lowest BCUT2D eigenvalue weighted by atomic mass is 10.0. The highest BCUT2D eigenvalue weighted by Crippen LogP contribution is 2.20. The van der Waals surface area contributed by atoms with Crippen LogP contribution in [0.4, 0.5) is 0 Å². The van der Waals surface area contributed by atoms with Crippen molar-refractivity contribution in [2.45, 2.75) is 17.2 Å². The van der Waals surface area contributed by atoms with Gasteiger partial charge in [-0.1, -0.05) is 6.08 Å². The molecule has 1 rings (SSSR count). The fraction of sp³-hybridized carbons (Fsp3) is 0.625. The lowest BCUT2D eigenvalue weighted by Gasteiger charge is -2.18. The molecule has 2 nitrogen and oxygen atoms in total. The zero-order chi connectivity index (χ0) is 8.97. The quantitative estimate of drug-likeness (QED) is 0.685. The van der Waals surface area contributed by atoms with E-state index >= 15 is 0 Å². The molecule has 4 heteroatoms. The number of alkyl halides is 2. The summed E-state index contributed by atoms with van der Waals surface area (Å²) in [5.74, 6) is 0. The summed E-state index contributed by atoms with van der Waals surface area (Å²) in [5, 5.41) is -0.198. The number of rotatable bonds is 2. The van der Waals surface area contributed by atoms with Crippen LogP contribution < -0.4 is 5.73 Å². The van der Waals surface area contributed by atoms with E-state index in [4.69, 9.17) is 28.9 Å². The summed E-state index contributed by atoms with van der Waals surface area (Å²) in [6, 6.07) is 0. The maximum Gasteiger partial charge on any atom is 0.0918 e. The third kappa shape index (κ3) is 2.47. The Morgan fingerprint density at radius 1 is 1.58 bits per heavy atom. The van der Waals surface area contributed by atoms with Gasteiger partial charge in [0.25, 0.3) is 0 Å². The van der Waals surface area contributed by atoms with E-state index < -0.39 is 0 Å². The average molecular weight is 207 g/mol. The molecule has 0 aliphatic heterocycles. The molecule has 0 amide bonds. The molecule has 2 N–H and O–H groups in total. The summed E-state index contributed by atoms with van der Waals surface area (Å²) in [6.07, 6.45) is 4.73. The Morgan fingerprint density at radius 2 is 2.33 bits per heavy atom. The summed E-state index contributed by atoms with van der Waals surface area (Å²) in [4.78, 5) is 4.22. The van der Waals surface area contributed by atoms with Gasteiger partial charge in [-0.2, -0.15) is 0 Å². The molecule has 2 atom stereocenters. The molecular formula is C8H12Cl2N2. The first-order valence-electron chi connectivity index (χ1n) is 3.95. The fourth-order valence-electron chi connectivity index (χ4n) is 1.05. The molecule has 0 saturated carbocycles. The number of nitrogens with two attached hydrogens (primary N) is 1. The second-order valence-corrected chi connectivity index (χ2v) is 3.68. The van der Waals surface area contributed by atoms with Gasteiger partial charge >= 0.3 is 0 Å². The Labute approximate surface area is 82.4 Å². The summed E-state index contributed by atoms with van der Waals surface area (Å²) >= 11 is 12.0. The van der Waals surface area contributed by atoms with E-state index in [1.807, 2.05) is 12.2 Å². The number of allylic oxidation sites excluding steroid dienone is 2. The van der Waals surface area contributed by atoms with Gasteiger partial charge in [0.05, 0.1) is 23.0 Å². The number of halogens is 2. The lowest BCUT2D eigenvalue weighted by molar-refractivity contribution is 0.881. The van der Waals surface area contributed by atoms with Crippen molar-refractivity contribution < 1.29 is 0 Å². The second-order valence-electron chi connectivity index (χ2n) is 2.65. The SMILES string of the molecule is NCCN=C1C=CCC(Cl)C1Cl. The van der Waals surface area contributed by atoms with Gasteiger partial charge in [-0.25, -0.2) is 0 Å². The van der Waals surface area contributed by atoms with Crippen LogP contribution in [-0.4, -0.2) is 29.6 Å². The number of aliphatic imine (C=N–C) groups is 1. The van der Waals surface area contributed by atoms with E-state index in [0.717, 1.165) is 12.1 Å². The molecule has 0 bridgehead atoms. The van der Waals surface area contributed by atoms with Crippen LogP contribution in [0, 0.1) is 0 Å². The molecule has 1 aliphatic carbocycles. The van der Waals surface area contributed by atoms with Gasteiger partial charge in [-0.15, -0.1) is 23.2 Å². The van der Waals surface area contributed by atoms with Crippen molar-refractivity contribution in [2.75, 3.05) is 13.1 Å². The van der Waals surface area contributed by atoms with Gasteiger partial charge in [-0.3, -0.25) is 4.99 Å². The van der Waals surface area contributed by atoms with Crippen LogP contribution in [0.3, 0.4) is 0 Å². The highest BCUT2D eigenvalue weighted by molar-refractivity contribution is 6.40. The number of hydrogen-bond acceptors (Lipinski definition) is 2. The molecule has 0 radical (unpaired) electrons. The average Bonchev–Trinajstić information content (AvgIpc) is 2.08. The van der Waals surface area contributed by atoms with Crippen LogP contribution in [0.15, 0.2) is 17.1 Å². The molecule has 0 saturated heterocycles. The minimum Gasteiger partial charge on any atom is -0.329 e. The van der Waals surface area contributed by atoms with Crippen LogP contribution >= 0.6 is 23.2 Å². The molecule has 68 valence electrons. The van der Waals surface area contributed by atoms with Crippen LogP contribution in [-0.2, 0) is 0 Å². The smallest absolute Gasteiger partial charge is 0.0918 e. The normalized spacial score (nSPS) is 32.8. The first-order chi connectivity index (χ1) is 5.75. The Hall–Kier alpha value is -0.0500. The molecule has 0 spiro atoms. The monoisotopic (exact) mass is 206 g/mol. The molecule has 1 aliphatic rings. The zero-order valence-corrected chi connectivity index (χ0v) is 8.22. The number of nitrogens with zero attached hydrogens (tertiary/aromatic N) is 1. The van der Waals surface area contributed by atoms with Crippen LogP contribution in [0.1, 0.15) is 6.42 Å². The number of hydrogen-bond donors (Lipinski definition) is 1. The van der Waals surface area contributed by atoms with E-state index in [2.05, 4.69) is 4.99 Å². The summed E-state index contributed by atoms with van der Waals surface area (Å²) < 4.78 is 0. The van der Waals surface area contributed by atoms with Crippen molar-refractivity contribution in [3.05, 3.63) is 12.2 Å². The Bertz CT molecular complexity index is 201. The van der Waals surface area contributed by atoms with Crippen molar-refractivity contribution in [3.8, 4) is 0 Å². The highest BCUT2D eigenvalue weighted by Gasteiger charge is 2.22. The minimum absolute atomic E-state index is 0.0341. The first kappa shape index (κ1) is 10.0. The second kappa shape index (κ2) is 4.85. The standard InChI is InChI=1S/C8H12Cl2N2/c9-6-2-1-3-7(8(6)10)12-5-4-11/h1,3,6,8H,2,4-5,11H2. The Morgan fingerprint density at radius 3 is 3.00 bits per heavy atom.